The normalized spacial score (nSPS) is 17.3. The van der Waals surface area contributed by atoms with Gasteiger partial charge in [-0.3, -0.25) is 4.90 Å². The first-order valence-electron chi connectivity index (χ1n) is 8.48. The van der Waals surface area contributed by atoms with Crippen LogP contribution in [0.1, 0.15) is 45.6 Å². The van der Waals surface area contributed by atoms with Crippen LogP contribution >= 0.6 is 23.2 Å². The van der Waals surface area contributed by atoms with Crippen LogP contribution in [0.15, 0.2) is 6.07 Å². The standard InChI is InChI=1S/C17H22BCl2NO4/c1-17(2,3)25-16(22)21(8-10-5-4-6-10)15-12(19)7-11-9-24-18(23)13(11)14(15)20/h7,10,23H,4-6,8-9H2,1-3H3. The summed E-state index contributed by atoms with van der Waals surface area (Å²) < 4.78 is 10.8. The Kier molecular flexibility index (Phi) is 5.27. The molecule has 0 bridgehead atoms. The summed E-state index contributed by atoms with van der Waals surface area (Å²) >= 11 is 13.0. The van der Waals surface area contributed by atoms with Crippen molar-refractivity contribution in [3.05, 3.63) is 21.7 Å². The molecular formula is C17H22BCl2NO4. The van der Waals surface area contributed by atoms with Gasteiger partial charge in [0, 0.05) is 12.0 Å². The van der Waals surface area contributed by atoms with Gasteiger partial charge in [0.25, 0.3) is 0 Å². The van der Waals surface area contributed by atoms with E-state index in [1.807, 2.05) is 20.8 Å². The smallest absolute Gasteiger partial charge is 0.443 e. The van der Waals surface area contributed by atoms with Crippen molar-refractivity contribution in [2.24, 2.45) is 5.92 Å². The maximum Gasteiger partial charge on any atom is 0.493 e. The van der Waals surface area contributed by atoms with Crippen LogP contribution in [0, 0.1) is 5.92 Å². The fourth-order valence-electron chi connectivity index (χ4n) is 3.07. The van der Waals surface area contributed by atoms with Gasteiger partial charge in [-0.1, -0.05) is 29.6 Å². The highest BCUT2D eigenvalue weighted by molar-refractivity contribution is 6.66. The van der Waals surface area contributed by atoms with Crippen molar-refractivity contribution in [3.63, 3.8) is 0 Å². The minimum atomic E-state index is -1.11. The Balaban J connectivity index is 2.00. The van der Waals surface area contributed by atoms with E-state index in [0.29, 0.717) is 28.6 Å². The molecular weight excluding hydrogens is 364 g/mol. The Hall–Kier alpha value is -0.945. The number of hydrogen-bond donors (Lipinski definition) is 1. The van der Waals surface area contributed by atoms with Crippen LogP contribution in [0.25, 0.3) is 0 Å². The molecule has 2 aliphatic rings. The number of carbonyl (C=O) groups is 1. The van der Waals surface area contributed by atoms with Crippen molar-refractivity contribution in [2.45, 2.75) is 52.2 Å². The summed E-state index contributed by atoms with van der Waals surface area (Å²) in [5, 5.41) is 10.6. The summed E-state index contributed by atoms with van der Waals surface area (Å²) in [4.78, 5) is 14.3. The van der Waals surface area contributed by atoms with Crippen molar-refractivity contribution in [1.82, 2.24) is 0 Å². The lowest BCUT2D eigenvalue weighted by Crippen LogP contribution is -2.42. The molecule has 1 aliphatic carbocycles. The zero-order valence-corrected chi connectivity index (χ0v) is 16.2. The van der Waals surface area contributed by atoms with E-state index in [1.165, 1.54) is 4.90 Å². The minimum Gasteiger partial charge on any atom is -0.443 e. The Morgan fingerprint density at radius 2 is 2.12 bits per heavy atom. The first-order valence-corrected chi connectivity index (χ1v) is 9.24. The third kappa shape index (κ3) is 3.92. The molecule has 0 saturated heterocycles. The predicted molar refractivity (Wildman–Crippen MR) is 99.8 cm³/mol. The molecule has 25 heavy (non-hydrogen) atoms. The van der Waals surface area contributed by atoms with Crippen molar-refractivity contribution >= 4 is 47.6 Å². The Morgan fingerprint density at radius 3 is 2.68 bits per heavy atom. The maximum absolute atomic E-state index is 12.8. The van der Waals surface area contributed by atoms with Crippen LogP contribution < -0.4 is 10.4 Å². The highest BCUT2D eigenvalue weighted by Gasteiger charge is 2.37. The van der Waals surface area contributed by atoms with E-state index in [0.717, 1.165) is 24.8 Å². The van der Waals surface area contributed by atoms with Gasteiger partial charge in [0.05, 0.1) is 22.3 Å². The second-order valence-corrected chi connectivity index (χ2v) is 8.43. The first-order chi connectivity index (χ1) is 11.7. The van der Waals surface area contributed by atoms with E-state index >= 15 is 0 Å². The van der Waals surface area contributed by atoms with E-state index < -0.39 is 18.8 Å². The fraction of sp³-hybridized carbons (Fsp3) is 0.588. The van der Waals surface area contributed by atoms with Gasteiger partial charge in [-0.25, -0.2) is 4.79 Å². The number of anilines is 1. The number of hydrogen-bond acceptors (Lipinski definition) is 4. The molecule has 0 atom stereocenters. The number of halogens is 2. The Morgan fingerprint density at radius 1 is 1.44 bits per heavy atom. The van der Waals surface area contributed by atoms with Gasteiger partial charge in [-0.05, 0) is 51.2 Å². The lowest BCUT2D eigenvalue weighted by Gasteiger charge is -2.34. The summed E-state index contributed by atoms with van der Waals surface area (Å²) in [7, 11) is -1.11. The van der Waals surface area contributed by atoms with Crippen LogP contribution in [0.5, 0.6) is 0 Å². The molecule has 1 fully saturated rings. The van der Waals surface area contributed by atoms with E-state index in [2.05, 4.69) is 0 Å². The topological polar surface area (TPSA) is 59.0 Å². The average Bonchev–Trinajstić information content (AvgIpc) is 2.79. The molecule has 8 heteroatoms. The van der Waals surface area contributed by atoms with Gasteiger partial charge in [0.1, 0.15) is 5.60 Å². The molecule has 1 aromatic carbocycles. The van der Waals surface area contributed by atoms with Crippen molar-refractivity contribution in [2.75, 3.05) is 11.4 Å². The molecule has 1 heterocycles. The number of amides is 1. The Labute approximate surface area is 158 Å². The molecule has 0 radical (unpaired) electrons. The number of fused-ring (bicyclic) bond motifs is 1. The van der Waals surface area contributed by atoms with Gasteiger partial charge in [0.15, 0.2) is 0 Å². The van der Waals surface area contributed by atoms with Crippen LogP contribution in [0.2, 0.25) is 10.0 Å². The summed E-state index contributed by atoms with van der Waals surface area (Å²) in [6.07, 6.45) is 2.79. The molecule has 1 saturated carbocycles. The van der Waals surface area contributed by atoms with E-state index in [-0.39, 0.29) is 11.6 Å². The largest absolute Gasteiger partial charge is 0.493 e. The van der Waals surface area contributed by atoms with Crippen molar-refractivity contribution in [1.29, 1.82) is 0 Å². The summed E-state index contributed by atoms with van der Waals surface area (Å²) in [6.45, 7) is 6.18. The number of carbonyl (C=O) groups excluding carboxylic acids is 1. The minimum absolute atomic E-state index is 0.241. The zero-order chi connectivity index (χ0) is 18.4. The van der Waals surface area contributed by atoms with Gasteiger partial charge >= 0.3 is 13.2 Å². The summed E-state index contributed by atoms with van der Waals surface area (Å²) in [6, 6.07) is 1.70. The second kappa shape index (κ2) is 6.99. The fourth-order valence-corrected chi connectivity index (χ4v) is 3.86. The average molecular weight is 386 g/mol. The van der Waals surface area contributed by atoms with E-state index in [4.69, 9.17) is 32.6 Å². The molecule has 1 N–H and O–H groups in total. The maximum atomic E-state index is 12.8. The SMILES string of the molecule is CC(C)(C)OC(=O)N(CC1CCC1)c1c(Cl)cc2c(c1Cl)B(O)OC2. The number of ether oxygens (including phenoxy) is 1. The molecule has 0 spiro atoms. The number of nitrogens with zero attached hydrogens (tertiary/aromatic N) is 1. The quantitative estimate of drug-likeness (QED) is 0.805. The van der Waals surface area contributed by atoms with Gasteiger partial charge in [0.2, 0.25) is 0 Å². The van der Waals surface area contributed by atoms with Gasteiger partial charge in [-0.2, -0.15) is 0 Å². The van der Waals surface area contributed by atoms with Gasteiger partial charge in [-0.15, -0.1) is 0 Å². The highest BCUT2D eigenvalue weighted by Crippen LogP contribution is 2.39. The predicted octanol–water partition coefficient (Wildman–Crippen LogP) is 3.75. The highest BCUT2D eigenvalue weighted by atomic mass is 35.5. The lowest BCUT2D eigenvalue weighted by molar-refractivity contribution is 0.0568. The summed E-state index contributed by atoms with van der Waals surface area (Å²) in [5.41, 5.74) is 0.961. The lowest BCUT2D eigenvalue weighted by atomic mass is 9.79. The third-order valence-electron chi connectivity index (χ3n) is 4.51. The van der Waals surface area contributed by atoms with Crippen molar-refractivity contribution < 1.29 is 19.2 Å². The molecule has 1 amide bonds. The van der Waals surface area contributed by atoms with E-state index in [1.54, 1.807) is 6.07 Å². The molecule has 5 nitrogen and oxygen atoms in total. The number of rotatable bonds is 3. The molecule has 1 aliphatic heterocycles. The van der Waals surface area contributed by atoms with Crippen LogP contribution in [-0.2, 0) is 16.0 Å². The zero-order valence-electron chi connectivity index (χ0n) is 14.6. The molecule has 136 valence electrons. The summed E-state index contributed by atoms with van der Waals surface area (Å²) in [5.74, 6) is 0.397. The molecule has 1 aromatic rings. The molecule has 3 rings (SSSR count). The number of benzene rings is 1. The molecule has 0 aromatic heterocycles. The molecule has 0 unspecified atom stereocenters. The van der Waals surface area contributed by atoms with Crippen LogP contribution in [0.4, 0.5) is 10.5 Å². The second-order valence-electron chi connectivity index (χ2n) is 7.65. The van der Waals surface area contributed by atoms with Crippen LogP contribution in [-0.4, -0.2) is 30.4 Å². The van der Waals surface area contributed by atoms with Crippen LogP contribution in [0.3, 0.4) is 0 Å². The van der Waals surface area contributed by atoms with E-state index in [9.17, 15) is 9.82 Å². The van der Waals surface area contributed by atoms with Gasteiger partial charge < -0.3 is 14.4 Å². The first kappa shape index (κ1) is 18.8. The monoisotopic (exact) mass is 385 g/mol. The Bertz CT molecular complexity index is 688. The van der Waals surface area contributed by atoms with Crippen molar-refractivity contribution in [3.8, 4) is 0 Å². The third-order valence-corrected chi connectivity index (χ3v) is 5.18.